The zero-order valence-electron chi connectivity index (χ0n) is 10.5. The summed E-state index contributed by atoms with van der Waals surface area (Å²) in [6, 6.07) is 0. The molecule has 3 heteroatoms. The Hall–Kier alpha value is -0.228. The summed E-state index contributed by atoms with van der Waals surface area (Å²) in [6.07, 6.45) is 5.12. The molecule has 0 fully saturated rings. The fraction of sp³-hybridized carbons (Fsp3) is 0.385. The third-order valence-corrected chi connectivity index (χ3v) is 3.19. The second-order valence-corrected chi connectivity index (χ2v) is 4.46. The standard InChI is InChI=1S/C12H17NS.CH3.Re/c1-5-10(9(3)4)7-11-12(6-2)14-8-13-11;;/h5,7-9H,1,6H2,2-4H3;1H3;/q;-1;/b10-7+;;. The van der Waals surface area contributed by atoms with Gasteiger partial charge in [0, 0.05) is 25.3 Å². The van der Waals surface area contributed by atoms with E-state index in [2.05, 4.69) is 38.4 Å². The van der Waals surface area contributed by atoms with Gasteiger partial charge in [-0.1, -0.05) is 33.4 Å². The van der Waals surface area contributed by atoms with Crippen LogP contribution in [-0.2, 0) is 26.8 Å². The summed E-state index contributed by atoms with van der Waals surface area (Å²) in [4.78, 5) is 5.70. The van der Waals surface area contributed by atoms with Gasteiger partial charge in [-0.15, -0.1) is 11.3 Å². The molecule has 0 atom stereocenters. The number of hydrogen-bond acceptors (Lipinski definition) is 2. The Bertz CT molecular complexity index is 339. The minimum absolute atomic E-state index is 0. The molecule has 16 heavy (non-hydrogen) atoms. The Morgan fingerprint density at radius 2 is 2.19 bits per heavy atom. The molecule has 0 amide bonds. The van der Waals surface area contributed by atoms with Crippen LogP contribution >= 0.6 is 11.3 Å². The topological polar surface area (TPSA) is 12.9 Å². The van der Waals surface area contributed by atoms with Crippen molar-refractivity contribution in [3.8, 4) is 0 Å². The predicted octanol–water partition coefficient (Wildman–Crippen LogP) is 4.38. The molecule has 1 rings (SSSR count). The van der Waals surface area contributed by atoms with Gasteiger partial charge >= 0.3 is 0 Å². The van der Waals surface area contributed by atoms with E-state index >= 15 is 0 Å². The van der Waals surface area contributed by atoms with Crippen LogP contribution in [0.25, 0.3) is 6.08 Å². The Balaban J connectivity index is 0. The maximum Gasteiger partial charge on any atom is 0.0801 e. The summed E-state index contributed by atoms with van der Waals surface area (Å²) < 4.78 is 0. The maximum absolute atomic E-state index is 4.35. The summed E-state index contributed by atoms with van der Waals surface area (Å²) in [7, 11) is 0. The molecule has 0 aromatic carbocycles. The first-order valence-corrected chi connectivity index (χ1v) is 5.83. The van der Waals surface area contributed by atoms with Crippen LogP contribution in [0.4, 0.5) is 0 Å². The summed E-state index contributed by atoms with van der Waals surface area (Å²) in [5, 5.41) is 0. The number of thiazole rings is 1. The Labute approximate surface area is 117 Å². The molecule has 0 bridgehead atoms. The fourth-order valence-corrected chi connectivity index (χ4v) is 1.97. The van der Waals surface area contributed by atoms with E-state index in [0.29, 0.717) is 5.92 Å². The van der Waals surface area contributed by atoms with E-state index in [9.17, 15) is 0 Å². The molecule has 0 aliphatic heterocycles. The Morgan fingerprint density at radius 1 is 1.56 bits per heavy atom. The molecule has 1 heterocycles. The number of allylic oxidation sites excluding steroid dienone is 2. The van der Waals surface area contributed by atoms with Gasteiger partial charge in [0.2, 0.25) is 0 Å². The summed E-state index contributed by atoms with van der Waals surface area (Å²) in [5.74, 6) is 0.513. The van der Waals surface area contributed by atoms with E-state index in [1.54, 1.807) is 11.3 Å². The van der Waals surface area contributed by atoms with Crippen LogP contribution in [0.5, 0.6) is 0 Å². The van der Waals surface area contributed by atoms with Gasteiger partial charge in [-0.25, -0.2) is 4.98 Å². The Kier molecular flexibility index (Phi) is 10.1. The van der Waals surface area contributed by atoms with Crippen LogP contribution in [-0.4, -0.2) is 4.98 Å². The number of aromatic nitrogens is 1. The molecule has 0 saturated carbocycles. The van der Waals surface area contributed by atoms with E-state index in [4.69, 9.17) is 0 Å². The van der Waals surface area contributed by atoms with Crippen LogP contribution in [0, 0.1) is 13.3 Å². The van der Waals surface area contributed by atoms with Crippen molar-refractivity contribution < 1.29 is 20.4 Å². The van der Waals surface area contributed by atoms with Crippen molar-refractivity contribution in [1.29, 1.82) is 0 Å². The summed E-state index contributed by atoms with van der Waals surface area (Å²) in [6.45, 7) is 10.3. The molecule has 91 valence electrons. The van der Waals surface area contributed by atoms with E-state index < -0.39 is 0 Å². The number of aryl methyl sites for hydroxylation is 1. The van der Waals surface area contributed by atoms with Crippen molar-refractivity contribution in [2.24, 2.45) is 5.92 Å². The van der Waals surface area contributed by atoms with Crippen LogP contribution in [0.3, 0.4) is 0 Å². The van der Waals surface area contributed by atoms with Crippen molar-refractivity contribution in [1.82, 2.24) is 4.98 Å². The van der Waals surface area contributed by atoms with Gasteiger partial charge in [-0.05, 0) is 24.0 Å². The molecule has 0 spiro atoms. The first kappa shape index (κ1) is 18.1. The monoisotopic (exact) mass is 409 g/mol. The summed E-state index contributed by atoms with van der Waals surface area (Å²) >= 11 is 1.72. The van der Waals surface area contributed by atoms with Gasteiger partial charge < -0.3 is 7.43 Å². The summed E-state index contributed by atoms with van der Waals surface area (Å²) in [5.41, 5.74) is 4.28. The molecule has 1 radical (unpaired) electrons. The van der Waals surface area contributed by atoms with Crippen LogP contribution in [0.2, 0.25) is 0 Å². The van der Waals surface area contributed by atoms with Crippen molar-refractivity contribution in [3.05, 3.63) is 41.7 Å². The average molecular weight is 409 g/mol. The van der Waals surface area contributed by atoms with Crippen molar-refractivity contribution in [3.63, 3.8) is 0 Å². The van der Waals surface area contributed by atoms with E-state index in [1.807, 2.05) is 11.6 Å². The van der Waals surface area contributed by atoms with Gasteiger partial charge in [0.1, 0.15) is 0 Å². The predicted molar refractivity (Wildman–Crippen MR) is 70.9 cm³/mol. The molecule has 0 N–H and O–H groups in total. The zero-order chi connectivity index (χ0) is 10.6. The minimum atomic E-state index is 0. The molecular formula is C13H20NReS-. The van der Waals surface area contributed by atoms with E-state index in [0.717, 1.165) is 12.1 Å². The van der Waals surface area contributed by atoms with Gasteiger partial charge in [0.05, 0.1) is 11.2 Å². The largest absolute Gasteiger partial charge is 0.358 e. The van der Waals surface area contributed by atoms with Crippen molar-refractivity contribution >= 4 is 17.4 Å². The molecule has 0 unspecified atom stereocenters. The van der Waals surface area contributed by atoms with Crippen molar-refractivity contribution in [2.75, 3.05) is 0 Å². The van der Waals surface area contributed by atoms with Gasteiger partial charge in [-0.3, -0.25) is 0 Å². The SMILES string of the molecule is C=C/C(=C\c1ncsc1CC)C(C)C.[CH3-].[Re]. The molecule has 1 nitrogen and oxygen atoms in total. The second kappa shape index (κ2) is 8.87. The van der Waals surface area contributed by atoms with Crippen LogP contribution in [0.15, 0.2) is 23.7 Å². The molecule has 0 saturated heterocycles. The van der Waals surface area contributed by atoms with Crippen LogP contribution < -0.4 is 0 Å². The van der Waals surface area contributed by atoms with Gasteiger partial charge in [0.25, 0.3) is 0 Å². The first-order chi connectivity index (χ1) is 6.69. The van der Waals surface area contributed by atoms with E-state index in [1.165, 1.54) is 10.5 Å². The molecular weight excluding hydrogens is 388 g/mol. The maximum atomic E-state index is 4.35. The normalized spacial score (nSPS) is 10.6. The molecule has 0 aliphatic rings. The van der Waals surface area contributed by atoms with Gasteiger partial charge in [0.15, 0.2) is 0 Å². The fourth-order valence-electron chi connectivity index (χ4n) is 1.28. The quantitative estimate of drug-likeness (QED) is 0.532. The molecule has 1 aromatic heterocycles. The third kappa shape index (κ3) is 4.74. The number of rotatable bonds is 4. The van der Waals surface area contributed by atoms with E-state index in [-0.39, 0.29) is 27.8 Å². The van der Waals surface area contributed by atoms with Crippen LogP contribution in [0.1, 0.15) is 31.3 Å². The zero-order valence-corrected chi connectivity index (χ0v) is 14.0. The molecule has 0 aliphatic carbocycles. The number of hydrogen-bond donors (Lipinski definition) is 0. The van der Waals surface area contributed by atoms with Crippen molar-refractivity contribution in [2.45, 2.75) is 27.2 Å². The molecule has 1 aromatic rings. The second-order valence-electron chi connectivity index (χ2n) is 3.52. The smallest absolute Gasteiger partial charge is 0.0801 e. The average Bonchev–Trinajstić information content (AvgIpc) is 2.60. The number of nitrogens with zero attached hydrogens (tertiary/aromatic N) is 1. The first-order valence-electron chi connectivity index (χ1n) is 4.95. The van der Waals surface area contributed by atoms with Gasteiger partial charge in [-0.2, -0.15) is 0 Å². The third-order valence-electron chi connectivity index (χ3n) is 2.20. The minimum Gasteiger partial charge on any atom is -0.358 e. The Morgan fingerprint density at radius 3 is 2.62 bits per heavy atom.